The molecule has 1 aromatic carbocycles. The Morgan fingerprint density at radius 1 is 0.508 bits per heavy atom. The van der Waals surface area contributed by atoms with Gasteiger partial charge in [-0.3, -0.25) is 52.1 Å². The topological polar surface area (TPSA) is 158 Å². The van der Waals surface area contributed by atoms with E-state index in [0.717, 1.165) is 67.0 Å². The molecule has 13 nitrogen and oxygen atoms in total. The van der Waals surface area contributed by atoms with Crippen LogP contribution < -0.4 is 53.2 Å². The molecule has 1 aromatic rings. The number of rotatable bonds is 7. The number of likely N-dealkylation sites (N-methyl/N-ethyl adjacent to an activating group) is 1. The maximum Gasteiger partial charge on any atom is 0.251 e. The highest BCUT2D eigenvalue weighted by Crippen LogP contribution is 2.45. The van der Waals surface area contributed by atoms with Gasteiger partial charge in [-0.15, -0.1) is 0 Å². The van der Waals surface area contributed by atoms with E-state index in [1.165, 1.54) is 110 Å². The summed E-state index contributed by atoms with van der Waals surface area (Å²) in [5, 5.41) is 39.3. The van der Waals surface area contributed by atoms with Gasteiger partial charge >= 0.3 is 0 Å². The third kappa shape index (κ3) is 10.1. The first-order valence-electron chi connectivity index (χ1n) is 24.8. The van der Waals surface area contributed by atoms with Crippen LogP contribution in [0.2, 0.25) is 0 Å². The van der Waals surface area contributed by atoms with Gasteiger partial charge in [-0.05, 0) is 147 Å². The van der Waals surface area contributed by atoms with Crippen LogP contribution in [0.15, 0.2) is 24.3 Å². The fourth-order valence-electron chi connectivity index (χ4n) is 13.9. The zero-order valence-electron chi connectivity index (χ0n) is 37.0. The number of nitrogens with zero attached hydrogens (tertiary/aromatic N) is 1. The summed E-state index contributed by atoms with van der Waals surface area (Å²) in [5.41, 5.74) is 1.29. The first kappa shape index (κ1) is 45.6. The molecule has 10 N–H and O–H groups in total. The number of nitrogens with one attached hydrogen (secondary N) is 10. The van der Waals surface area contributed by atoms with Crippen molar-refractivity contribution in [1.82, 2.24) is 52.8 Å². The summed E-state index contributed by atoms with van der Waals surface area (Å²) in [7, 11) is 0. The zero-order valence-corrected chi connectivity index (χ0v) is 37.0. The van der Waals surface area contributed by atoms with Crippen molar-refractivity contribution < 1.29 is 9.59 Å². The third-order valence-electron chi connectivity index (χ3n) is 16.9. The molecule has 342 valence electrons. The summed E-state index contributed by atoms with van der Waals surface area (Å²) < 4.78 is 0. The van der Waals surface area contributed by atoms with Gasteiger partial charge in [-0.25, -0.2) is 0 Å². The minimum absolute atomic E-state index is 0. The van der Waals surface area contributed by atoms with E-state index in [2.05, 4.69) is 71.9 Å². The van der Waals surface area contributed by atoms with Gasteiger partial charge in [0.2, 0.25) is 5.91 Å². The second-order valence-electron chi connectivity index (χ2n) is 20.1. The Kier molecular flexibility index (Phi) is 15.6. The monoisotopic (exact) mass is 862 g/mol. The van der Waals surface area contributed by atoms with E-state index in [1.807, 2.05) is 0 Å². The Labute approximate surface area is 371 Å². The van der Waals surface area contributed by atoms with Crippen molar-refractivity contribution in [1.29, 1.82) is 0 Å². The molecular weight excluding hydrogens is 779 g/mol. The van der Waals surface area contributed by atoms with Crippen LogP contribution in [0.3, 0.4) is 0 Å². The molecule has 0 radical (unpaired) electrons. The number of hydrogen-bond donors (Lipinski definition) is 10. The summed E-state index contributed by atoms with van der Waals surface area (Å²) in [6.45, 7) is 9.11. The average molecular weight is 862 g/mol. The average Bonchev–Trinajstić information content (AvgIpc) is 4.01. The number of carbonyl (C=O) groups excluding carboxylic acids is 2. The zero-order chi connectivity index (χ0) is 41.2. The Bertz CT molecular complexity index is 1380. The summed E-state index contributed by atoms with van der Waals surface area (Å²) in [4.78, 5) is 25.1. The molecule has 5 saturated heterocycles. The summed E-state index contributed by atoms with van der Waals surface area (Å²) in [6.07, 6.45) is 25.6. The fourth-order valence-corrected chi connectivity index (χ4v) is 13.9. The highest BCUT2D eigenvalue weighted by molar-refractivity contribution is 5.95. The lowest BCUT2D eigenvalue weighted by Crippen LogP contribution is -2.61. The Morgan fingerprint density at radius 2 is 0.787 bits per heavy atom. The first-order valence-corrected chi connectivity index (χ1v) is 24.8. The Morgan fingerprint density at radius 3 is 1.03 bits per heavy atom. The van der Waals surface area contributed by atoms with E-state index in [9.17, 15) is 9.59 Å². The van der Waals surface area contributed by atoms with Gasteiger partial charge in [0, 0.05) is 31.3 Å². The molecule has 4 aliphatic carbocycles. The lowest BCUT2D eigenvalue weighted by atomic mass is 9.76. The van der Waals surface area contributed by atoms with E-state index < -0.39 is 0 Å². The molecule has 8 atom stereocenters. The van der Waals surface area contributed by atoms with Crippen LogP contribution in [0.4, 0.5) is 5.69 Å². The Balaban J connectivity index is 0.000000210. The molecule has 61 heavy (non-hydrogen) atoms. The quantitative estimate of drug-likeness (QED) is 0.184. The lowest BCUT2D eigenvalue weighted by molar-refractivity contribution is -0.114. The molecule has 4 saturated carbocycles. The second-order valence-corrected chi connectivity index (χ2v) is 20.1. The molecule has 9 fully saturated rings. The fraction of sp³-hybridized carbons (Fsp3) is 0.830. The highest BCUT2D eigenvalue weighted by atomic mass is 28.1. The smallest absolute Gasteiger partial charge is 0.251 e. The SMILES string of the molecule is C1CCC2C3NC(NC4NC(NC5NC(NC6NC(N3)C3CCCCC63)C3CCCCC53)C3CCCCC43)C2C1.CCN(CC)CCNC(=O)c1ccc(NC(C)=O)cc1.[SiH4]. The van der Waals surface area contributed by atoms with Gasteiger partial charge in [-0.1, -0.05) is 65.2 Å². The number of fused-ring (bicyclic) bond motifs is 20. The predicted molar refractivity (Wildman–Crippen MR) is 249 cm³/mol. The number of hydrogen-bond acceptors (Lipinski definition) is 11. The van der Waals surface area contributed by atoms with Crippen molar-refractivity contribution in [2.24, 2.45) is 47.3 Å². The molecule has 14 heteroatoms. The normalized spacial score (nSPS) is 41.2. The molecule has 9 aliphatic rings. The standard InChI is InChI=1S/C32H56N8.C15H23N3O2.H4Si/c1-2-10-18-17(9-1)25-33-26(18)38-28-21-13-5-6-14-22(21)30(35-28)40-32-24-16-8-7-15-23(24)31(36-32)39-29-20-12-4-3-11-19(20)27(34-29)37-25;1-4-18(5-2)11-10-16-15(20)13-6-8-14(9-7-13)17-12(3)19;/h17-40H,1-16H2;6-9H,4-5,10-11H2,1-3H3,(H,16,20)(H,17,19);1H4. The molecule has 2 amide bonds. The van der Waals surface area contributed by atoms with E-state index in [1.54, 1.807) is 24.3 Å². The molecule has 5 aliphatic heterocycles. The molecule has 0 spiro atoms. The maximum atomic E-state index is 11.9. The van der Waals surface area contributed by atoms with Crippen LogP contribution in [0, 0.1) is 47.3 Å². The highest BCUT2D eigenvalue weighted by Gasteiger charge is 2.54. The van der Waals surface area contributed by atoms with Gasteiger partial charge in [0.25, 0.3) is 5.91 Å². The number of carbonyl (C=O) groups is 2. The van der Waals surface area contributed by atoms with Crippen LogP contribution in [0.1, 0.15) is 134 Å². The van der Waals surface area contributed by atoms with E-state index >= 15 is 0 Å². The predicted octanol–water partition coefficient (Wildman–Crippen LogP) is 2.87. The van der Waals surface area contributed by atoms with Crippen molar-refractivity contribution in [3.05, 3.63) is 29.8 Å². The van der Waals surface area contributed by atoms with Crippen molar-refractivity contribution in [3.63, 3.8) is 0 Å². The van der Waals surface area contributed by atoms with E-state index in [-0.39, 0.29) is 22.8 Å². The van der Waals surface area contributed by atoms with Crippen molar-refractivity contribution in [3.8, 4) is 0 Å². The van der Waals surface area contributed by atoms with Gasteiger partial charge in [-0.2, -0.15) is 0 Å². The largest absolute Gasteiger partial charge is 0.351 e. The maximum absolute atomic E-state index is 11.9. The summed E-state index contributed by atoms with van der Waals surface area (Å²) in [6, 6.07) is 6.86. The third-order valence-corrected chi connectivity index (χ3v) is 16.9. The van der Waals surface area contributed by atoms with Crippen LogP contribution in [-0.2, 0) is 4.79 Å². The minimum Gasteiger partial charge on any atom is -0.351 e. The number of amides is 2. The van der Waals surface area contributed by atoms with Gasteiger partial charge < -0.3 is 15.5 Å². The van der Waals surface area contributed by atoms with E-state index in [0.29, 0.717) is 67.1 Å². The van der Waals surface area contributed by atoms with E-state index in [4.69, 9.17) is 0 Å². The minimum atomic E-state index is -0.124. The number of benzene rings is 1. The number of anilines is 1. The molecule has 0 aromatic heterocycles. The van der Waals surface area contributed by atoms with Crippen LogP contribution in [0.5, 0.6) is 0 Å². The van der Waals surface area contributed by atoms with Crippen molar-refractivity contribution >= 4 is 28.5 Å². The molecule has 8 bridgehead atoms. The lowest BCUT2D eigenvalue weighted by Gasteiger charge is -2.35. The molecule has 10 rings (SSSR count). The summed E-state index contributed by atoms with van der Waals surface area (Å²) >= 11 is 0. The van der Waals surface area contributed by atoms with Gasteiger partial charge in [0.15, 0.2) is 0 Å². The molecule has 8 unspecified atom stereocenters. The Hall–Kier alpha value is -1.98. The molecule has 5 heterocycles. The first-order chi connectivity index (χ1) is 29.4. The van der Waals surface area contributed by atoms with Crippen molar-refractivity contribution in [2.45, 2.75) is 173 Å². The van der Waals surface area contributed by atoms with Crippen LogP contribution in [0.25, 0.3) is 0 Å². The van der Waals surface area contributed by atoms with Gasteiger partial charge in [0.1, 0.15) is 0 Å². The van der Waals surface area contributed by atoms with Crippen molar-refractivity contribution in [2.75, 3.05) is 31.5 Å². The van der Waals surface area contributed by atoms with Gasteiger partial charge in [0.05, 0.1) is 49.3 Å². The summed E-state index contributed by atoms with van der Waals surface area (Å²) in [5.74, 6) is 5.76. The second kappa shape index (κ2) is 20.9. The van der Waals surface area contributed by atoms with Crippen LogP contribution >= 0.6 is 0 Å². The van der Waals surface area contributed by atoms with Crippen LogP contribution in [-0.4, -0.2) is 103 Å². The molecular formula is C47H83N11O2Si.